The van der Waals surface area contributed by atoms with Crippen LogP contribution in [-0.2, 0) is 6.18 Å². The molecular weight excluding hydrogens is 255 g/mol. The van der Waals surface area contributed by atoms with Crippen LogP contribution in [0.25, 0.3) is 0 Å². The van der Waals surface area contributed by atoms with E-state index in [0.29, 0.717) is 0 Å². The second kappa shape index (κ2) is 3.26. The van der Waals surface area contributed by atoms with Crippen LogP contribution in [0.1, 0.15) is 5.56 Å². The Morgan fingerprint density at radius 2 is 1.92 bits per heavy atom. The molecule has 1 aromatic heterocycles. The fourth-order valence-electron chi connectivity index (χ4n) is 0.705. The van der Waals surface area contributed by atoms with Gasteiger partial charge in [0.05, 0.1) is 5.56 Å². The van der Waals surface area contributed by atoms with E-state index in [-0.39, 0.29) is 9.37 Å². The summed E-state index contributed by atoms with van der Waals surface area (Å²) in [6, 6.07) is 0. The minimum absolute atomic E-state index is 0.0949. The maximum atomic E-state index is 12.2. The number of rotatable bonds is 0. The molecule has 0 bridgehead atoms. The van der Waals surface area contributed by atoms with E-state index in [4.69, 9.17) is 0 Å². The smallest absolute Gasteiger partial charge is 0.262 e. The molecule has 1 aromatic rings. The Morgan fingerprint density at radius 3 is 2.25 bits per heavy atom. The number of alkyl halides is 3. The second-order valence-corrected chi connectivity index (χ2v) is 3.35. The summed E-state index contributed by atoms with van der Waals surface area (Å²) < 4.78 is 36.5. The molecular formula is C6H3BrF3NS. The molecule has 6 heteroatoms. The third-order valence-corrected chi connectivity index (χ3v) is 2.10. The molecule has 0 aliphatic rings. The van der Waals surface area contributed by atoms with E-state index in [2.05, 4.69) is 33.5 Å². The summed E-state index contributed by atoms with van der Waals surface area (Å²) in [7, 11) is 0. The lowest BCUT2D eigenvalue weighted by molar-refractivity contribution is -0.140. The Balaban J connectivity index is 3.31. The number of thiol groups is 1. The van der Waals surface area contributed by atoms with Gasteiger partial charge in [-0.05, 0) is 15.9 Å². The maximum absolute atomic E-state index is 12.2. The van der Waals surface area contributed by atoms with Crippen molar-refractivity contribution in [3.05, 3.63) is 22.4 Å². The van der Waals surface area contributed by atoms with Gasteiger partial charge >= 0.3 is 6.18 Å². The van der Waals surface area contributed by atoms with Crippen LogP contribution in [0.2, 0.25) is 0 Å². The van der Waals surface area contributed by atoms with E-state index in [1.165, 1.54) is 0 Å². The lowest BCUT2D eigenvalue weighted by Crippen LogP contribution is -2.07. The van der Waals surface area contributed by atoms with Crippen LogP contribution in [0.3, 0.4) is 0 Å². The van der Waals surface area contributed by atoms with E-state index < -0.39 is 11.7 Å². The van der Waals surface area contributed by atoms with Crippen molar-refractivity contribution < 1.29 is 13.2 Å². The highest BCUT2D eigenvalue weighted by atomic mass is 79.9. The van der Waals surface area contributed by atoms with Crippen LogP contribution < -0.4 is 0 Å². The van der Waals surface area contributed by atoms with Crippen molar-refractivity contribution in [2.75, 3.05) is 0 Å². The van der Waals surface area contributed by atoms with Gasteiger partial charge < -0.3 is 0 Å². The molecule has 0 spiro atoms. The molecule has 0 aliphatic carbocycles. The summed E-state index contributed by atoms with van der Waals surface area (Å²) in [5.41, 5.74) is -0.791. The van der Waals surface area contributed by atoms with E-state index in [9.17, 15) is 13.2 Å². The average Bonchev–Trinajstić information content (AvgIpc) is 1.82. The van der Waals surface area contributed by atoms with E-state index >= 15 is 0 Å². The highest BCUT2D eigenvalue weighted by molar-refractivity contribution is 9.10. The van der Waals surface area contributed by atoms with Gasteiger partial charge in [0, 0.05) is 21.8 Å². The fourth-order valence-corrected chi connectivity index (χ4v) is 1.73. The predicted octanol–water partition coefficient (Wildman–Crippen LogP) is 3.15. The van der Waals surface area contributed by atoms with Gasteiger partial charge in [-0.25, -0.2) is 0 Å². The highest BCUT2D eigenvalue weighted by Gasteiger charge is 2.35. The minimum Gasteiger partial charge on any atom is -0.262 e. The van der Waals surface area contributed by atoms with E-state index in [0.717, 1.165) is 12.4 Å². The Kier molecular flexibility index (Phi) is 2.67. The van der Waals surface area contributed by atoms with Crippen molar-refractivity contribution in [2.24, 2.45) is 0 Å². The monoisotopic (exact) mass is 257 g/mol. The number of nitrogens with zero attached hydrogens (tertiary/aromatic N) is 1. The first kappa shape index (κ1) is 9.85. The molecule has 0 fully saturated rings. The zero-order chi connectivity index (χ0) is 9.35. The third kappa shape index (κ3) is 1.92. The van der Waals surface area contributed by atoms with E-state index in [1.807, 2.05) is 0 Å². The van der Waals surface area contributed by atoms with Crippen LogP contribution in [0.15, 0.2) is 21.8 Å². The first-order valence-electron chi connectivity index (χ1n) is 2.82. The average molecular weight is 258 g/mol. The van der Waals surface area contributed by atoms with Crippen molar-refractivity contribution in [3.8, 4) is 0 Å². The molecule has 0 amide bonds. The Bertz CT molecular complexity index is 279. The molecule has 0 saturated heterocycles. The molecule has 0 unspecified atom stereocenters. The summed E-state index contributed by atoms with van der Waals surface area (Å²) >= 11 is 6.40. The Morgan fingerprint density at radius 1 is 1.33 bits per heavy atom. The number of hydrogen-bond acceptors (Lipinski definition) is 2. The van der Waals surface area contributed by atoms with Crippen molar-refractivity contribution >= 4 is 28.6 Å². The van der Waals surface area contributed by atoms with Crippen LogP contribution in [0, 0.1) is 0 Å². The van der Waals surface area contributed by atoms with Gasteiger partial charge in [-0.3, -0.25) is 4.98 Å². The van der Waals surface area contributed by atoms with Gasteiger partial charge in [0.2, 0.25) is 0 Å². The Hall–Kier alpha value is -0.230. The largest absolute Gasteiger partial charge is 0.418 e. The number of halogens is 4. The molecule has 0 aromatic carbocycles. The summed E-state index contributed by atoms with van der Waals surface area (Å²) in [4.78, 5) is 3.35. The molecule has 66 valence electrons. The summed E-state index contributed by atoms with van der Waals surface area (Å²) in [6.45, 7) is 0. The van der Waals surface area contributed by atoms with Crippen LogP contribution >= 0.6 is 28.6 Å². The van der Waals surface area contributed by atoms with Crippen molar-refractivity contribution in [1.29, 1.82) is 0 Å². The second-order valence-electron chi connectivity index (χ2n) is 2.01. The summed E-state index contributed by atoms with van der Waals surface area (Å²) in [5.74, 6) is 0. The molecule has 1 nitrogen and oxygen atoms in total. The molecule has 12 heavy (non-hydrogen) atoms. The van der Waals surface area contributed by atoms with Gasteiger partial charge in [-0.2, -0.15) is 13.2 Å². The number of pyridine rings is 1. The predicted molar refractivity (Wildman–Crippen MR) is 44.2 cm³/mol. The zero-order valence-corrected chi connectivity index (χ0v) is 8.04. The molecule has 1 rings (SSSR count). The van der Waals surface area contributed by atoms with Crippen molar-refractivity contribution in [2.45, 2.75) is 11.1 Å². The number of hydrogen-bond donors (Lipinski definition) is 1. The fraction of sp³-hybridized carbons (Fsp3) is 0.167. The maximum Gasteiger partial charge on any atom is 0.418 e. The lowest BCUT2D eigenvalue weighted by Gasteiger charge is -2.10. The Labute approximate surface area is 80.5 Å². The van der Waals surface area contributed by atoms with Crippen molar-refractivity contribution in [3.63, 3.8) is 0 Å². The highest BCUT2D eigenvalue weighted by Crippen LogP contribution is 2.37. The minimum atomic E-state index is -4.39. The first-order valence-corrected chi connectivity index (χ1v) is 4.06. The van der Waals surface area contributed by atoms with Gasteiger partial charge in [0.25, 0.3) is 0 Å². The number of aromatic nitrogens is 1. The quantitative estimate of drug-likeness (QED) is 0.705. The SMILES string of the molecule is FC(F)(F)c1c(S)cncc1Br. The lowest BCUT2D eigenvalue weighted by atomic mass is 10.2. The van der Waals surface area contributed by atoms with Crippen molar-refractivity contribution in [1.82, 2.24) is 4.98 Å². The van der Waals surface area contributed by atoms with Gasteiger partial charge in [-0.15, -0.1) is 12.6 Å². The molecule has 0 saturated carbocycles. The third-order valence-electron chi connectivity index (χ3n) is 1.16. The molecule has 1 heterocycles. The van der Waals surface area contributed by atoms with Gasteiger partial charge in [0.1, 0.15) is 0 Å². The zero-order valence-electron chi connectivity index (χ0n) is 5.56. The molecule has 0 atom stereocenters. The van der Waals surface area contributed by atoms with Crippen LogP contribution in [-0.4, -0.2) is 4.98 Å². The van der Waals surface area contributed by atoms with Crippen LogP contribution in [0.5, 0.6) is 0 Å². The summed E-state index contributed by atoms with van der Waals surface area (Å²) in [6.07, 6.45) is -2.25. The van der Waals surface area contributed by atoms with Gasteiger partial charge in [-0.1, -0.05) is 0 Å². The normalized spacial score (nSPS) is 11.8. The summed E-state index contributed by atoms with van der Waals surface area (Å²) in [5, 5.41) is 0. The standard InChI is InChI=1S/C6H3BrF3NS/c7-3-1-11-2-4(12)5(3)6(8,9)10/h1-2,12H. The molecule has 0 aliphatic heterocycles. The topological polar surface area (TPSA) is 12.9 Å². The van der Waals surface area contributed by atoms with Gasteiger partial charge in [0.15, 0.2) is 0 Å². The molecule has 0 N–H and O–H groups in total. The van der Waals surface area contributed by atoms with Crippen LogP contribution in [0.4, 0.5) is 13.2 Å². The molecule has 0 radical (unpaired) electrons. The first-order chi connectivity index (χ1) is 5.43. The van der Waals surface area contributed by atoms with E-state index in [1.54, 1.807) is 0 Å².